The summed E-state index contributed by atoms with van der Waals surface area (Å²) in [5.41, 5.74) is 3.89. The maximum Gasteiger partial charge on any atom is 0.224 e. The van der Waals surface area contributed by atoms with Gasteiger partial charge in [-0.15, -0.1) is 0 Å². The highest BCUT2D eigenvalue weighted by molar-refractivity contribution is 5.79. The molecule has 1 atom stereocenters. The average Bonchev–Trinajstić information content (AvgIpc) is 3.10. The normalized spacial score (nSPS) is 24.3. The van der Waals surface area contributed by atoms with Gasteiger partial charge in [-0.05, 0) is 43.2 Å². The number of likely N-dealkylation sites (tertiary alicyclic amines) is 1. The van der Waals surface area contributed by atoms with Gasteiger partial charge in [0.2, 0.25) is 5.91 Å². The minimum Gasteiger partial charge on any atom is -0.379 e. The van der Waals surface area contributed by atoms with Gasteiger partial charge in [0.15, 0.2) is 0 Å². The smallest absolute Gasteiger partial charge is 0.224 e. The number of carbonyl (C=O) groups is 1. The Hall–Kier alpha value is -1.65. The number of benzene rings is 1. The fourth-order valence-corrected chi connectivity index (χ4v) is 4.15. The summed E-state index contributed by atoms with van der Waals surface area (Å²) in [6.45, 7) is 3.85. The molecule has 26 heavy (non-hydrogen) atoms. The molecule has 0 spiro atoms. The van der Waals surface area contributed by atoms with E-state index in [1.165, 1.54) is 50.8 Å². The van der Waals surface area contributed by atoms with E-state index in [2.05, 4.69) is 40.6 Å². The van der Waals surface area contributed by atoms with Gasteiger partial charge in [-0.2, -0.15) is 0 Å². The van der Waals surface area contributed by atoms with E-state index in [0.717, 1.165) is 24.6 Å². The number of piperidine rings is 1. The summed E-state index contributed by atoms with van der Waals surface area (Å²) >= 11 is 0. The maximum absolute atomic E-state index is 12.1. The van der Waals surface area contributed by atoms with Crippen LogP contribution in [0.5, 0.6) is 0 Å². The number of amides is 1. The first-order valence-electron chi connectivity index (χ1n) is 10.2. The summed E-state index contributed by atoms with van der Waals surface area (Å²) in [5, 5.41) is 3.05. The summed E-state index contributed by atoms with van der Waals surface area (Å²) in [7, 11) is 0. The van der Waals surface area contributed by atoms with Crippen molar-refractivity contribution in [3.8, 4) is 0 Å². The van der Waals surface area contributed by atoms with Crippen molar-refractivity contribution >= 4 is 12.0 Å². The fourth-order valence-electron chi connectivity index (χ4n) is 4.15. The van der Waals surface area contributed by atoms with Crippen LogP contribution >= 0.6 is 0 Å². The molecule has 1 aromatic carbocycles. The van der Waals surface area contributed by atoms with Gasteiger partial charge in [0, 0.05) is 25.7 Å². The molecule has 1 N–H and O–H groups in total. The SMILES string of the molecule is O=C(Cc1ccc(C=C2CCN(C3CCC3)CC2)cc1)NC1CCOC1. The van der Waals surface area contributed by atoms with Crippen molar-refractivity contribution in [1.82, 2.24) is 10.2 Å². The molecule has 4 nitrogen and oxygen atoms in total. The summed E-state index contributed by atoms with van der Waals surface area (Å²) in [6, 6.07) is 9.52. The predicted molar refractivity (Wildman–Crippen MR) is 104 cm³/mol. The lowest BCUT2D eigenvalue weighted by atomic mass is 9.89. The summed E-state index contributed by atoms with van der Waals surface area (Å²) in [4.78, 5) is 14.8. The molecule has 1 amide bonds. The van der Waals surface area contributed by atoms with Gasteiger partial charge >= 0.3 is 0 Å². The molecule has 1 aliphatic carbocycles. The summed E-state index contributed by atoms with van der Waals surface area (Å²) in [5.74, 6) is 0.0926. The molecule has 1 saturated carbocycles. The van der Waals surface area contributed by atoms with Crippen LogP contribution in [-0.2, 0) is 16.0 Å². The Morgan fingerprint density at radius 3 is 2.54 bits per heavy atom. The molecule has 1 unspecified atom stereocenters. The van der Waals surface area contributed by atoms with E-state index in [-0.39, 0.29) is 11.9 Å². The van der Waals surface area contributed by atoms with Gasteiger partial charge in [0.05, 0.1) is 19.1 Å². The Labute approximate surface area is 156 Å². The van der Waals surface area contributed by atoms with E-state index >= 15 is 0 Å². The number of carbonyl (C=O) groups excluding carboxylic acids is 1. The quantitative estimate of drug-likeness (QED) is 0.883. The Balaban J connectivity index is 1.26. The standard InChI is InChI=1S/C22H30N2O2/c25-22(23-20-10-13-26-16-20)15-18-6-4-17(5-7-18)14-19-8-11-24(12-9-19)21-2-1-3-21/h4-7,14,20-21H,1-3,8-13,15-16H2,(H,23,25). The highest BCUT2D eigenvalue weighted by Crippen LogP contribution is 2.29. The van der Waals surface area contributed by atoms with Crippen LogP contribution in [0.25, 0.3) is 6.08 Å². The van der Waals surface area contributed by atoms with Gasteiger partial charge in [-0.1, -0.05) is 42.3 Å². The second-order valence-corrected chi connectivity index (χ2v) is 7.97. The van der Waals surface area contributed by atoms with Crippen LogP contribution in [0.1, 0.15) is 49.7 Å². The van der Waals surface area contributed by atoms with Crippen molar-refractivity contribution in [3.63, 3.8) is 0 Å². The third-order valence-corrected chi connectivity index (χ3v) is 6.04. The first kappa shape index (κ1) is 17.7. The highest BCUT2D eigenvalue weighted by atomic mass is 16.5. The Kier molecular flexibility index (Phi) is 5.71. The topological polar surface area (TPSA) is 41.6 Å². The van der Waals surface area contributed by atoms with Crippen LogP contribution in [0.3, 0.4) is 0 Å². The Morgan fingerprint density at radius 2 is 1.92 bits per heavy atom. The second-order valence-electron chi connectivity index (χ2n) is 7.97. The molecule has 4 rings (SSSR count). The molecule has 140 valence electrons. The molecule has 2 saturated heterocycles. The number of ether oxygens (including phenoxy) is 1. The monoisotopic (exact) mass is 354 g/mol. The molecular formula is C22H30N2O2. The lowest BCUT2D eigenvalue weighted by Gasteiger charge is -2.40. The zero-order valence-electron chi connectivity index (χ0n) is 15.6. The molecule has 3 fully saturated rings. The van der Waals surface area contributed by atoms with Gasteiger partial charge in [-0.3, -0.25) is 9.69 Å². The van der Waals surface area contributed by atoms with Crippen LogP contribution in [0, 0.1) is 0 Å². The van der Waals surface area contributed by atoms with Crippen LogP contribution in [-0.4, -0.2) is 49.2 Å². The molecular weight excluding hydrogens is 324 g/mol. The van der Waals surface area contributed by atoms with Crippen LogP contribution in [0.4, 0.5) is 0 Å². The van der Waals surface area contributed by atoms with E-state index < -0.39 is 0 Å². The van der Waals surface area contributed by atoms with Gasteiger partial charge in [0.1, 0.15) is 0 Å². The van der Waals surface area contributed by atoms with Gasteiger partial charge in [-0.25, -0.2) is 0 Å². The second kappa shape index (κ2) is 8.36. The first-order valence-corrected chi connectivity index (χ1v) is 10.2. The first-order chi connectivity index (χ1) is 12.8. The highest BCUT2D eigenvalue weighted by Gasteiger charge is 2.26. The van der Waals surface area contributed by atoms with Crippen molar-refractivity contribution in [2.24, 2.45) is 0 Å². The lowest BCUT2D eigenvalue weighted by molar-refractivity contribution is -0.121. The van der Waals surface area contributed by atoms with Crippen molar-refractivity contribution in [3.05, 3.63) is 41.0 Å². The van der Waals surface area contributed by atoms with E-state index in [4.69, 9.17) is 4.74 Å². The van der Waals surface area contributed by atoms with Crippen molar-refractivity contribution in [1.29, 1.82) is 0 Å². The molecule has 4 heteroatoms. The minimum absolute atomic E-state index is 0.0926. The van der Waals surface area contributed by atoms with Crippen LogP contribution < -0.4 is 5.32 Å². The fraction of sp³-hybridized carbons (Fsp3) is 0.591. The number of rotatable bonds is 5. The van der Waals surface area contributed by atoms with E-state index in [1.54, 1.807) is 5.57 Å². The summed E-state index contributed by atoms with van der Waals surface area (Å²) in [6.07, 6.45) is 10.3. The Bertz CT molecular complexity index is 633. The van der Waals surface area contributed by atoms with Gasteiger partial charge in [0.25, 0.3) is 0 Å². The third-order valence-electron chi connectivity index (χ3n) is 6.04. The van der Waals surface area contributed by atoms with Crippen molar-refractivity contribution in [2.75, 3.05) is 26.3 Å². The molecule has 0 radical (unpaired) electrons. The number of hydrogen-bond donors (Lipinski definition) is 1. The number of nitrogens with zero attached hydrogens (tertiary/aromatic N) is 1. The zero-order valence-corrected chi connectivity index (χ0v) is 15.6. The zero-order chi connectivity index (χ0) is 17.8. The van der Waals surface area contributed by atoms with E-state index in [1.807, 2.05) is 0 Å². The lowest BCUT2D eigenvalue weighted by Crippen LogP contribution is -2.43. The van der Waals surface area contributed by atoms with E-state index in [9.17, 15) is 4.79 Å². The van der Waals surface area contributed by atoms with Crippen LogP contribution in [0.15, 0.2) is 29.8 Å². The van der Waals surface area contributed by atoms with Crippen LogP contribution in [0.2, 0.25) is 0 Å². The third kappa shape index (κ3) is 4.54. The van der Waals surface area contributed by atoms with Crippen molar-refractivity contribution in [2.45, 2.75) is 57.0 Å². The van der Waals surface area contributed by atoms with Crippen molar-refractivity contribution < 1.29 is 9.53 Å². The van der Waals surface area contributed by atoms with Gasteiger partial charge < -0.3 is 10.1 Å². The molecule has 2 heterocycles. The average molecular weight is 354 g/mol. The molecule has 3 aliphatic rings. The molecule has 0 bridgehead atoms. The van der Waals surface area contributed by atoms with E-state index in [0.29, 0.717) is 13.0 Å². The Morgan fingerprint density at radius 1 is 1.15 bits per heavy atom. The minimum atomic E-state index is 0.0926. The maximum atomic E-state index is 12.1. The largest absolute Gasteiger partial charge is 0.379 e. The number of hydrogen-bond acceptors (Lipinski definition) is 3. The molecule has 2 aliphatic heterocycles. The molecule has 0 aromatic heterocycles. The molecule has 1 aromatic rings. The predicted octanol–water partition coefficient (Wildman–Crippen LogP) is 3.17. The summed E-state index contributed by atoms with van der Waals surface area (Å²) < 4.78 is 5.30. The number of nitrogens with one attached hydrogen (secondary N) is 1.